The zero-order valence-electron chi connectivity index (χ0n) is 14.4. The molecule has 1 saturated heterocycles. The fourth-order valence-corrected chi connectivity index (χ4v) is 3.25. The van der Waals surface area contributed by atoms with E-state index in [0.29, 0.717) is 13.0 Å². The van der Waals surface area contributed by atoms with Gasteiger partial charge in [-0.3, -0.25) is 19.8 Å². The highest BCUT2D eigenvalue weighted by atomic mass is 19.3. The lowest BCUT2D eigenvalue weighted by Gasteiger charge is -2.34. The number of aliphatic carboxylic acids is 1. The van der Waals surface area contributed by atoms with Gasteiger partial charge in [0.15, 0.2) is 11.5 Å². The Hall–Kier alpha value is -2.49. The predicted molar refractivity (Wildman–Crippen MR) is 86.5 cm³/mol. The Morgan fingerprint density at radius 3 is 2.65 bits per heavy atom. The molecule has 2 unspecified atom stereocenters. The molecule has 8 nitrogen and oxygen atoms in total. The van der Waals surface area contributed by atoms with Crippen molar-refractivity contribution >= 4 is 11.7 Å². The maximum atomic E-state index is 12.5. The Morgan fingerprint density at radius 1 is 1.42 bits per heavy atom. The first kappa shape index (κ1) is 19.8. The molecule has 0 amide bonds. The minimum Gasteiger partial charge on any atom is -0.493 e. The first-order chi connectivity index (χ1) is 12.2. The molecule has 0 aromatic heterocycles. The molecule has 2 rings (SSSR count). The van der Waals surface area contributed by atoms with Gasteiger partial charge >= 0.3 is 12.6 Å². The number of carboxylic acid groups (broad SMARTS) is 1. The number of hydrogen-bond acceptors (Lipinski definition) is 6. The van der Waals surface area contributed by atoms with E-state index < -0.39 is 29.2 Å². The molecule has 1 aliphatic rings. The van der Waals surface area contributed by atoms with Gasteiger partial charge in [0.1, 0.15) is 0 Å². The molecule has 26 heavy (non-hydrogen) atoms. The van der Waals surface area contributed by atoms with Gasteiger partial charge in [-0.1, -0.05) is 6.92 Å². The SMILES string of the molecule is COc1cc(CN2CC(C)CC(C(=O)O)C2)c([N+](=O)[O-])cc1OC(F)F. The number of hydrogen-bond donors (Lipinski definition) is 1. The number of carboxylic acids is 1. The minimum absolute atomic E-state index is 0.0502. The van der Waals surface area contributed by atoms with Crippen LogP contribution >= 0.6 is 0 Å². The number of nitrogens with zero attached hydrogens (tertiary/aromatic N) is 2. The molecule has 1 aromatic carbocycles. The van der Waals surface area contributed by atoms with E-state index in [1.807, 2.05) is 11.8 Å². The summed E-state index contributed by atoms with van der Waals surface area (Å²) in [6.45, 7) is -0.284. The quantitative estimate of drug-likeness (QED) is 0.578. The van der Waals surface area contributed by atoms with Crippen LogP contribution in [0.15, 0.2) is 12.1 Å². The highest BCUT2D eigenvalue weighted by Crippen LogP contribution is 2.37. The van der Waals surface area contributed by atoms with Crippen molar-refractivity contribution in [2.24, 2.45) is 11.8 Å². The van der Waals surface area contributed by atoms with Crippen LogP contribution in [0.25, 0.3) is 0 Å². The number of rotatable bonds is 7. The number of nitro groups is 1. The van der Waals surface area contributed by atoms with E-state index in [1.54, 1.807) is 0 Å². The van der Waals surface area contributed by atoms with Crippen LogP contribution in [0.1, 0.15) is 18.9 Å². The number of benzene rings is 1. The first-order valence-corrected chi connectivity index (χ1v) is 7.96. The van der Waals surface area contributed by atoms with Crippen molar-refractivity contribution in [3.05, 3.63) is 27.8 Å². The van der Waals surface area contributed by atoms with Gasteiger partial charge in [0, 0.05) is 25.2 Å². The van der Waals surface area contributed by atoms with Crippen LogP contribution in [0.3, 0.4) is 0 Å². The van der Waals surface area contributed by atoms with Crippen LogP contribution in [0.2, 0.25) is 0 Å². The van der Waals surface area contributed by atoms with Crippen LogP contribution in [0.4, 0.5) is 14.5 Å². The predicted octanol–water partition coefficient (Wildman–Crippen LogP) is 2.75. The van der Waals surface area contributed by atoms with E-state index in [-0.39, 0.29) is 36.0 Å². The number of methoxy groups -OCH3 is 1. The molecule has 0 radical (unpaired) electrons. The standard InChI is InChI=1S/C16H20F2N2O6/c1-9-3-11(15(21)22)8-19(6-9)7-10-4-13(25-2)14(26-16(17)18)5-12(10)20(23)24/h4-5,9,11,16H,3,6-8H2,1-2H3,(H,21,22). The van der Waals surface area contributed by atoms with Crippen molar-refractivity contribution in [3.63, 3.8) is 0 Å². The Labute approximate surface area is 148 Å². The third-order valence-corrected chi connectivity index (χ3v) is 4.26. The molecule has 1 N–H and O–H groups in total. The first-order valence-electron chi connectivity index (χ1n) is 7.96. The normalized spacial score (nSPS) is 20.8. The molecule has 0 bridgehead atoms. The molecule has 0 saturated carbocycles. The van der Waals surface area contributed by atoms with Crippen molar-refractivity contribution in [1.82, 2.24) is 4.90 Å². The van der Waals surface area contributed by atoms with Gasteiger partial charge in [-0.25, -0.2) is 0 Å². The summed E-state index contributed by atoms with van der Waals surface area (Å²) < 4.78 is 34.3. The number of piperidine rings is 1. The molecular formula is C16H20F2N2O6. The number of carbonyl (C=O) groups is 1. The second-order valence-corrected chi connectivity index (χ2v) is 6.34. The molecule has 10 heteroatoms. The summed E-state index contributed by atoms with van der Waals surface area (Å²) >= 11 is 0. The van der Waals surface area contributed by atoms with E-state index in [0.717, 1.165) is 6.07 Å². The van der Waals surface area contributed by atoms with E-state index in [2.05, 4.69) is 4.74 Å². The summed E-state index contributed by atoms with van der Waals surface area (Å²) in [6, 6.07) is 2.19. The fraction of sp³-hybridized carbons (Fsp3) is 0.562. The fourth-order valence-electron chi connectivity index (χ4n) is 3.25. The smallest absolute Gasteiger partial charge is 0.387 e. The zero-order chi connectivity index (χ0) is 19.4. The van der Waals surface area contributed by atoms with Crippen molar-refractivity contribution in [2.45, 2.75) is 26.5 Å². The number of nitro benzene ring substituents is 1. The number of ether oxygens (including phenoxy) is 2. The van der Waals surface area contributed by atoms with Crippen LogP contribution in [0, 0.1) is 22.0 Å². The molecule has 2 atom stereocenters. The second-order valence-electron chi connectivity index (χ2n) is 6.34. The zero-order valence-corrected chi connectivity index (χ0v) is 14.4. The number of likely N-dealkylation sites (tertiary alicyclic amines) is 1. The topological polar surface area (TPSA) is 102 Å². The molecular weight excluding hydrogens is 354 g/mol. The third kappa shape index (κ3) is 4.78. The lowest BCUT2D eigenvalue weighted by molar-refractivity contribution is -0.385. The Kier molecular flexibility index (Phi) is 6.30. The van der Waals surface area contributed by atoms with Gasteiger partial charge < -0.3 is 14.6 Å². The summed E-state index contributed by atoms with van der Waals surface area (Å²) in [5.74, 6) is -1.82. The lowest BCUT2D eigenvalue weighted by atomic mass is 9.90. The van der Waals surface area contributed by atoms with Gasteiger partial charge in [0.05, 0.1) is 24.0 Å². The van der Waals surface area contributed by atoms with Gasteiger partial charge in [-0.2, -0.15) is 8.78 Å². The number of alkyl halides is 2. The van der Waals surface area contributed by atoms with Crippen molar-refractivity contribution < 1.29 is 33.1 Å². The van der Waals surface area contributed by atoms with Gasteiger partial charge in [-0.15, -0.1) is 0 Å². The van der Waals surface area contributed by atoms with Gasteiger partial charge in [-0.05, 0) is 18.4 Å². The summed E-state index contributed by atoms with van der Waals surface area (Å²) in [5, 5.41) is 20.6. The van der Waals surface area contributed by atoms with Crippen LogP contribution in [-0.4, -0.2) is 47.7 Å². The lowest BCUT2D eigenvalue weighted by Crippen LogP contribution is -2.42. The Morgan fingerprint density at radius 2 is 2.12 bits per heavy atom. The monoisotopic (exact) mass is 374 g/mol. The van der Waals surface area contributed by atoms with Gasteiger partial charge in [0.2, 0.25) is 0 Å². The molecule has 1 aromatic rings. The second kappa shape index (κ2) is 8.26. The summed E-state index contributed by atoms with van der Waals surface area (Å²) in [7, 11) is 1.24. The van der Waals surface area contributed by atoms with Crippen molar-refractivity contribution in [3.8, 4) is 11.5 Å². The highest BCUT2D eigenvalue weighted by molar-refractivity contribution is 5.70. The minimum atomic E-state index is -3.14. The summed E-state index contributed by atoms with van der Waals surface area (Å²) in [4.78, 5) is 23.7. The third-order valence-electron chi connectivity index (χ3n) is 4.26. The molecule has 1 heterocycles. The molecule has 144 valence electrons. The highest BCUT2D eigenvalue weighted by Gasteiger charge is 2.31. The van der Waals surface area contributed by atoms with E-state index >= 15 is 0 Å². The maximum Gasteiger partial charge on any atom is 0.387 e. The van der Waals surface area contributed by atoms with E-state index in [1.165, 1.54) is 13.2 Å². The van der Waals surface area contributed by atoms with Crippen molar-refractivity contribution in [2.75, 3.05) is 20.2 Å². The molecule has 0 spiro atoms. The number of halogens is 2. The van der Waals surface area contributed by atoms with Crippen molar-refractivity contribution in [1.29, 1.82) is 0 Å². The van der Waals surface area contributed by atoms with E-state index in [9.17, 15) is 28.8 Å². The molecule has 1 fully saturated rings. The largest absolute Gasteiger partial charge is 0.493 e. The van der Waals surface area contributed by atoms with Crippen LogP contribution < -0.4 is 9.47 Å². The van der Waals surface area contributed by atoms with Crippen LogP contribution in [0.5, 0.6) is 11.5 Å². The molecule has 0 aliphatic carbocycles. The average Bonchev–Trinajstić information content (AvgIpc) is 2.54. The summed E-state index contributed by atoms with van der Waals surface area (Å²) in [5.41, 5.74) is -0.141. The molecule has 1 aliphatic heterocycles. The summed E-state index contributed by atoms with van der Waals surface area (Å²) in [6.07, 6.45) is 0.540. The van der Waals surface area contributed by atoms with E-state index in [4.69, 9.17) is 4.74 Å². The van der Waals surface area contributed by atoms with Crippen LogP contribution in [-0.2, 0) is 11.3 Å². The van der Waals surface area contributed by atoms with Gasteiger partial charge in [0.25, 0.3) is 5.69 Å². The Balaban J connectivity index is 2.32. The Bertz CT molecular complexity index is 685. The average molecular weight is 374 g/mol. The maximum absolute atomic E-state index is 12.5.